The highest BCUT2D eigenvalue weighted by Crippen LogP contribution is 2.29. The molecule has 5 nitrogen and oxygen atoms in total. The SMILES string of the molecule is C=C/C=C(C(=O)OCCCC)\C(=C/C)c1ccc(Cn2c(C)c(C)c3cc(C(=O)NCc4cccc(C(=C)C)c4)ccc32)cc1. The van der Waals surface area contributed by atoms with E-state index >= 15 is 0 Å². The minimum atomic E-state index is -0.338. The highest BCUT2D eigenvalue weighted by Gasteiger charge is 2.18. The first-order valence-electron chi connectivity index (χ1n) is 15.6. The topological polar surface area (TPSA) is 60.3 Å². The van der Waals surface area contributed by atoms with Crippen LogP contribution < -0.4 is 5.32 Å². The Morgan fingerprint density at radius 1 is 0.956 bits per heavy atom. The van der Waals surface area contributed by atoms with Crippen LogP contribution in [-0.4, -0.2) is 23.1 Å². The Bertz CT molecular complexity index is 1780. The average molecular weight is 601 g/mol. The first-order chi connectivity index (χ1) is 21.7. The molecule has 0 radical (unpaired) electrons. The van der Waals surface area contributed by atoms with Gasteiger partial charge < -0.3 is 14.6 Å². The third-order valence-electron chi connectivity index (χ3n) is 8.19. The minimum Gasteiger partial charge on any atom is -0.462 e. The van der Waals surface area contributed by atoms with Gasteiger partial charge >= 0.3 is 5.97 Å². The van der Waals surface area contributed by atoms with Gasteiger partial charge in [-0.15, -0.1) is 0 Å². The third kappa shape index (κ3) is 7.79. The van der Waals surface area contributed by atoms with Gasteiger partial charge in [0.15, 0.2) is 0 Å². The van der Waals surface area contributed by atoms with E-state index in [1.165, 1.54) is 0 Å². The summed E-state index contributed by atoms with van der Waals surface area (Å²) < 4.78 is 7.79. The molecule has 0 unspecified atom stereocenters. The summed E-state index contributed by atoms with van der Waals surface area (Å²) >= 11 is 0. The molecule has 0 bridgehead atoms. The molecule has 4 rings (SSSR count). The molecule has 4 aromatic rings. The van der Waals surface area contributed by atoms with Gasteiger partial charge in [0, 0.05) is 35.2 Å². The number of carbonyl (C=O) groups excluding carboxylic acids is 2. The predicted octanol–water partition coefficient (Wildman–Crippen LogP) is 9.13. The van der Waals surface area contributed by atoms with Gasteiger partial charge in [-0.05, 0) is 97.8 Å². The number of benzene rings is 3. The maximum Gasteiger partial charge on any atom is 0.338 e. The summed E-state index contributed by atoms with van der Waals surface area (Å²) in [5, 5.41) is 4.13. The molecule has 3 aromatic carbocycles. The van der Waals surface area contributed by atoms with E-state index in [9.17, 15) is 9.59 Å². The van der Waals surface area contributed by atoms with Crippen molar-refractivity contribution in [3.63, 3.8) is 0 Å². The van der Waals surface area contributed by atoms with Gasteiger partial charge in [0.1, 0.15) is 0 Å². The van der Waals surface area contributed by atoms with Crippen molar-refractivity contribution in [3.05, 3.63) is 143 Å². The lowest BCUT2D eigenvalue weighted by atomic mass is 9.96. The number of ether oxygens (including phenoxy) is 1. The van der Waals surface area contributed by atoms with Crippen LogP contribution in [0.4, 0.5) is 0 Å². The van der Waals surface area contributed by atoms with Crippen molar-refractivity contribution in [1.82, 2.24) is 9.88 Å². The molecule has 0 aliphatic heterocycles. The Morgan fingerprint density at radius 3 is 2.36 bits per heavy atom. The second-order valence-corrected chi connectivity index (χ2v) is 11.4. The lowest BCUT2D eigenvalue weighted by molar-refractivity contribution is -0.138. The van der Waals surface area contributed by atoms with E-state index in [2.05, 4.69) is 62.0 Å². The first-order valence-corrected chi connectivity index (χ1v) is 15.6. The quantitative estimate of drug-likeness (QED) is 0.0721. The fraction of sp³-hybridized carbons (Fsp3) is 0.250. The molecule has 0 aliphatic carbocycles. The van der Waals surface area contributed by atoms with E-state index in [0.717, 1.165) is 68.4 Å². The maximum absolute atomic E-state index is 13.1. The Labute approximate surface area is 267 Å². The van der Waals surface area contributed by atoms with Crippen LogP contribution >= 0.6 is 0 Å². The second-order valence-electron chi connectivity index (χ2n) is 11.4. The van der Waals surface area contributed by atoms with Crippen molar-refractivity contribution in [2.45, 2.75) is 60.5 Å². The second kappa shape index (κ2) is 15.2. The Hall–Kier alpha value is -4.90. The summed E-state index contributed by atoms with van der Waals surface area (Å²) in [7, 11) is 0. The largest absolute Gasteiger partial charge is 0.462 e. The normalized spacial score (nSPS) is 11.8. The predicted molar refractivity (Wildman–Crippen MR) is 187 cm³/mol. The van der Waals surface area contributed by atoms with Gasteiger partial charge in [0.05, 0.1) is 12.2 Å². The molecule has 0 saturated carbocycles. The molecule has 1 aromatic heterocycles. The molecule has 1 amide bonds. The van der Waals surface area contributed by atoms with Crippen LogP contribution in [0.5, 0.6) is 0 Å². The summed E-state index contributed by atoms with van der Waals surface area (Å²) in [6.07, 6.45) is 7.06. The number of aromatic nitrogens is 1. The van der Waals surface area contributed by atoms with Crippen molar-refractivity contribution in [3.8, 4) is 0 Å². The molecule has 0 spiro atoms. The Balaban J connectivity index is 1.52. The smallest absolute Gasteiger partial charge is 0.338 e. The zero-order chi connectivity index (χ0) is 32.5. The van der Waals surface area contributed by atoms with Crippen LogP contribution in [0.2, 0.25) is 0 Å². The van der Waals surface area contributed by atoms with Gasteiger partial charge in [0.2, 0.25) is 0 Å². The molecular formula is C40H44N2O3. The number of allylic oxidation sites excluding steroid dienone is 4. The number of hydrogen-bond donors (Lipinski definition) is 1. The molecule has 45 heavy (non-hydrogen) atoms. The lowest BCUT2D eigenvalue weighted by Crippen LogP contribution is -2.22. The van der Waals surface area contributed by atoms with Crippen LogP contribution in [-0.2, 0) is 22.6 Å². The van der Waals surface area contributed by atoms with Gasteiger partial charge in [-0.1, -0.05) is 86.7 Å². The maximum atomic E-state index is 13.1. The Morgan fingerprint density at radius 2 is 1.69 bits per heavy atom. The van der Waals surface area contributed by atoms with Crippen LogP contribution in [0.15, 0.2) is 104 Å². The minimum absolute atomic E-state index is 0.100. The van der Waals surface area contributed by atoms with E-state index in [1.807, 2.05) is 68.5 Å². The molecule has 1 heterocycles. The van der Waals surface area contributed by atoms with Gasteiger partial charge in [-0.25, -0.2) is 4.79 Å². The van der Waals surface area contributed by atoms with Crippen LogP contribution in [0.3, 0.4) is 0 Å². The first kappa shape index (κ1) is 33.0. The monoisotopic (exact) mass is 600 g/mol. The number of nitrogens with one attached hydrogen (secondary N) is 1. The molecule has 232 valence electrons. The lowest BCUT2D eigenvalue weighted by Gasteiger charge is -2.14. The van der Waals surface area contributed by atoms with Crippen LogP contribution in [0.1, 0.15) is 77.5 Å². The molecule has 0 fully saturated rings. The fourth-order valence-electron chi connectivity index (χ4n) is 5.45. The van der Waals surface area contributed by atoms with Gasteiger partial charge in [-0.3, -0.25) is 4.79 Å². The van der Waals surface area contributed by atoms with E-state index in [-0.39, 0.29) is 11.9 Å². The summed E-state index contributed by atoms with van der Waals surface area (Å²) in [5.41, 5.74) is 10.5. The number of hydrogen-bond acceptors (Lipinski definition) is 3. The van der Waals surface area contributed by atoms with Crippen molar-refractivity contribution in [2.75, 3.05) is 6.61 Å². The number of esters is 1. The molecule has 0 atom stereocenters. The fourth-order valence-corrected chi connectivity index (χ4v) is 5.45. The Kier molecular flexibility index (Phi) is 11.2. The molecule has 1 N–H and O–H groups in total. The van der Waals surface area contributed by atoms with E-state index < -0.39 is 0 Å². The van der Waals surface area contributed by atoms with E-state index in [0.29, 0.717) is 30.8 Å². The summed E-state index contributed by atoms with van der Waals surface area (Å²) in [5.74, 6) is -0.438. The van der Waals surface area contributed by atoms with Crippen molar-refractivity contribution < 1.29 is 14.3 Å². The summed E-state index contributed by atoms with van der Waals surface area (Å²) in [6.45, 7) is 19.5. The van der Waals surface area contributed by atoms with Crippen molar-refractivity contribution in [1.29, 1.82) is 0 Å². The number of fused-ring (bicyclic) bond motifs is 1. The number of amides is 1. The van der Waals surface area contributed by atoms with Crippen molar-refractivity contribution in [2.24, 2.45) is 0 Å². The van der Waals surface area contributed by atoms with E-state index in [4.69, 9.17) is 4.74 Å². The molecular weight excluding hydrogens is 556 g/mol. The summed E-state index contributed by atoms with van der Waals surface area (Å²) in [6, 6.07) is 22.3. The standard InChI is InChI=1S/C40H44N2O3/c1-8-11-22-45-40(44)36(13-9-2)35(10-3)32-18-16-30(17-19-32)26-42-29(7)28(6)37-24-34(20-21-38(37)42)39(43)41-25-31-14-12-15-33(23-31)27(4)5/h9-10,12-21,23-24H,2,4,8,11,22,25-26H2,1,3,5-7H3,(H,41,43)/b35-10-,36-13+. The zero-order valence-electron chi connectivity index (χ0n) is 27.2. The third-order valence-corrected chi connectivity index (χ3v) is 8.19. The number of aryl methyl sites for hydroxylation is 1. The number of unbranched alkanes of at least 4 members (excludes halogenated alkanes) is 1. The van der Waals surface area contributed by atoms with Gasteiger partial charge in [-0.2, -0.15) is 0 Å². The van der Waals surface area contributed by atoms with Crippen molar-refractivity contribution >= 4 is 33.9 Å². The number of carbonyl (C=O) groups is 2. The number of nitrogens with zero attached hydrogens (tertiary/aromatic N) is 1. The molecule has 0 aliphatic rings. The van der Waals surface area contributed by atoms with Gasteiger partial charge in [0.25, 0.3) is 5.91 Å². The number of rotatable bonds is 13. The highest BCUT2D eigenvalue weighted by molar-refractivity contribution is 6.06. The van der Waals surface area contributed by atoms with Crippen LogP contribution in [0.25, 0.3) is 22.0 Å². The average Bonchev–Trinajstić information content (AvgIpc) is 3.28. The highest BCUT2D eigenvalue weighted by atomic mass is 16.5. The molecule has 5 heteroatoms. The van der Waals surface area contributed by atoms with E-state index in [1.54, 1.807) is 12.2 Å². The summed E-state index contributed by atoms with van der Waals surface area (Å²) in [4.78, 5) is 26.0. The molecule has 0 saturated heterocycles. The zero-order valence-corrected chi connectivity index (χ0v) is 27.2. The van der Waals surface area contributed by atoms with Crippen LogP contribution in [0, 0.1) is 13.8 Å².